The van der Waals surface area contributed by atoms with Crippen molar-refractivity contribution in [3.8, 4) is 5.75 Å². The van der Waals surface area contributed by atoms with Crippen LogP contribution in [0, 0.1) is 13.8 Å². The van der Waals surface area contributed by atoms with Crippen molar-refractivity contribution in [1.29, 1.82) is 0 Å². The first-order valence-electron chi connectivity index (χ1n) is 11.0. The Morgan fingerprint density at radius 2 is 2.00 bits per heavy atom. The Labute approximate surface area is 190 Å². The SMILES string of the molecule is Cc1[nH]c2cccc(OCC(O)CNCCCn3cnc4c3c(=O)n(C)c(=O)n4C)c2c1C. The van der Waals surface area contributed by atoms with Crippen LogP contribution in [-0.4, -0.2) is 54.6 Å². The molecular weight excluding hydrogens is 424 g/mol. The van der Waals surface area contributed by atoms with Crippen LogP contribution in [0.25, 0.3) is 22.1 Å². The van der Waals surface area contributed by atoms with Gasteiger partial charge in [-0.25, -0.2) is 9.78 Å². The number of aliphatic hydroxyl groups excluding tert-OH is 1. The van der Waals surface area contributed by atoms with Crippen molar-refractivity contribution in [3.05, 3.63) is 56.6 Å². The van der Waals surface area contributed by atoms with E-state index in [-0.39, 0.29) is 12.2 Å². The van der Waals surface area contributed by atoms with Crippen molar-refractivity contribution in [2.45, 2.75) is 32.9 Å². The lowest BCUT2D eigenvalue weighted by Gasteiger charge is -2.14. The van der Waals surface area contributed by atoms with Crippen molar-refractivity contribution in [2.24, 2.45) is 14.1 Å². The molecule has 0 bridgehead atoms. The molecule has 0 aliphatic carbocycles. The number of hydrogen-bond donors (Lipinski definition) is 3. The van der Waals surface area contributed by atoms with E-state index in [2.05, 4.69) is 22.2 Å². The summed E-state index contributed by atoms with van der Waals surface area (Å²) in [5, 5.41) is 14.6. The highest BCUT2D eigenvalue weighted by Gasteiger charge is 2.14. The van der Waals surface area contributed by atoms with Crippen LogP contribution in [0.1, 0.15) is 17.7 Å². The quantitative estimate of drug-likeness (QED) is 0.324. The fourth-order valence-electron chi connectivity index (χ4n) is 4.08. The Balaban J connectivity index is 1.27. The second-order valence-electron chi connectivity index (χ2n) is 8.39. The third-order valence-corrected chi connectivity index (χ3v) is 6.07. The lowest BCUT2D eigenvalue weighted by Crippen LogP contribution is -2.37. The van der Waals surface area contributed by atoms with E-state index in [0.717, 1.165) is 38.9 Å². The standard InChI is InChI=1S/C23H30N6O4/c1-14-15(2)26-17-7-5-8-18(19(14)17)33-12-16(30)11-24-9-6-10-29-13-25-21-20(29)22(31)28(4)23(32)27(21)3/h5,7-8,13,16,24,26,30H,6,9-12H2,1-4H3. The average Bonchev–Trinajstić information content (AvgIpc) is 3.35. The van der Waals surface area contributed by atoms with Crippen LogP contribution in [0.2, 0.25) is 0 Å². The van der Waals surface area contributed by atoms with Gasteiger partial charge in [0.15, 0.2) is 11.2 Å². The van der Waals surface area contributed by atoms with Gasteiger partial charge in [0.05, 0.1) is 6.33 Å². The summed E-state index contributed by atoms with van der Waals surface area (Å²) in [5.74, 6) is 0.761. The molecular formula is C23H30N6O4. The molecule has 0 spiro atoms. The molecule has 1 aromatic carbocycles. The monoisotopic (exact) mass is 454 g/mol. The van der Waals surface area contributed by atoms with Gasteiger partial charge in [0.2, 0.25) is 0 Å². The highest BCUT2D eigenvalue weighted by atomic mass is 16.5. The second kappa shape index (κ2) is 9.24. The van der Waals surface area contributed by atoms with E-state index < -0.39 is 11.8 Å². The maximum atomic E-state index is 12.5. The second-order valence-corrected chi connectivity index (χ2v) is 8.39. The number of nitrogens with one attached hydrogen (secondary N) is 2. The van der Waals surface area contributed by atoms with Gasteiger partial charge in [-0.2, -0.15) is 0 Å². The minimum atomic E-state index is -0.656. The third-order valence-electron chi connectivity index (χ3n) is 6.07. The molecule has 0 aliphatic heterocycles. The van der Waals surface area contributed by atoms with Crippen LogP contribution in [0.15, 0.2) is 34.1 Å². The predicted octanol–water partition coefficient (Wildman–Crippen LogP) is 0.951. The van der Waals surface area contributed by atoms with Gasteiger partial charge in [-0.3, -0.25) is 13.9 Å². The number of hydrogen-bond acceptors (Lipinski definition) is 6. The number of imidazole rings is 1. The molecule has 176 valence electrons. The number of aromatic amines is 1. The normalized spacial score (nSPS) is 12.6. The summed E-state index contributed by atoms with van der Waals surface area (Å²) in [5.41, 5.74) is 3.33. The zero-order chi connectivity index (χ0) is 23.7. The van der Waals surface area contributed by atoms with E-state index >= 15 is 0 Å². The summed E-state index contributed by atoms with van der Waals surface area (Å²) in [6, 6.07) is 5.86. The molecule has 1 unspecified atom stereocenters. The van der Waals surface area contributed by atoms with Crippen molar-refractivity contribution >= 4 is 22.1 Å². The molecule has 10 nitrogen and oxygen atoms in total. The van der Waals surface area contributed by atoms with E-state index in [4.69, 9.17) is 4.74 Å². The highest BCUT2D eigenvalue weighted by Crippen LogP contribution is 2.30. The maximum Gasteiger partial charge on any atom is 0.332 e. The number of rotatable bonds is 9. The Bertz CT molecular complexity index is 1410. The van der Waals surface area contributed by atoms with Gasteiger partial charge >= 0.3 is 5.69 Å². The van der Waals surface area contributed by atoms with Crippen molar-refractivity contribution in [2.75, 3.05) is 19.7 Å². The third kappa shape index (κ3) is 4.31. The van der Waals surface area contributed by atoms with Crippen molar-refractivity contribution in [1.82, 2.24) is 29.0 Å². The first-order valence-corrected chi connectivity index (χ1v) is 11.0. The zero-order valence-corrected chi connectivity index (χ0v) is 19.4. The Kier molecular flexibility index (Phi) is 6.39. The van der Waals surface area contributed by atoms with E-state index in [1.54, 1.807) is 17.9 Å². The molecule has 0 saturated heterocycles. The molecule has 33 heavy (non-hydrogen) atoms. The molecule has 10 heteroatoms. The van der Waals surface area contributed by atoms with E-state index in [1.807, 2.05) is 25.1 Å². The van der Waals surface area contributed by atoms with Gasteiger partial charge in [-0.15, -0.1) is 0 Å². The molecule has 3 heterocycles. The Morgan fingerprint density at radius 1 is 1.21 bits per heavy atom. The molecule has 3 N–H and O–H groups in total. The number of aromatic nitrogens is 5. The van der Waals surface area contributed by atoms with Crippen LogP contribution in [0.4, 0.5) is 0 Å². The Morgan fingerprint density at radius 3 is 2.79 bits per heavy atom. The lowest BCUT2D eigenvalue weighted by molar-refractivity contribution is 0.107. The van der Waals surface area contributed by atoms with E-state index in [9.17, 15) is 14.7 Å². The van der Waals surface area contributed by atoms with Gasteiger partial charge in [-0.05, 0) is 44.5 Å². The fourth-order valence-corrected chi connectivity index (χ4v) is 4.08. The number of benzene rings is 1. The zero-order valence-electron chi connectivity index (χ0n) is 19.4. The van der Waals surface area contributed by atoms with Gasteiger partial charge < -0.3 is 24.7 Å². The number of ether oxygens (including phenoxy) is 1. The van der Waals surface area contributed by atoms with Crippen LogP contribution >= 0.6 is 0 Å². The van der Waals surface area contributed by atoms with E-state index in [1.165, 1.54) is 11.6 Å². The molecule has 1 atom stereocenters. The highest BCUT2D eigenvalue weighted by molar-refractivity contribution is 5.90. The molecule has 4 aromatic rings. The molecule has 4 rings (SSSR count). The smallest absolute Gasteiger partial charge is 0.332 e. The molecule has 0 amide bonds. The molecule has 0 saturated carbocycles. The summed E-state index contributed by atoms with van der Waals surface area (Å²) in [6.45, 7) is 5.88. The first kappa shape index (κ1) is 22.8. The topological polar surface area (TPSA) is 119 Å². The van der Waals surface area contributed by atoms with Gasteiger partial charge in [0.1, 0.15) is 18.5 Å². The van der Waals surface area contributed by atoms with Crippen LogP contribution in [0.5, 0.6) is 5.75 Å². The predicted molar refractivity (Wildman–Crippen MR) is 127 cm³/mol. The minimum Gasteiger partial charge on any atom is -0.490 e. The maximum absolute atomic E-state index is 12.5. The van der Waals surface area contributed by atoms with Gasteiger partial charge in [0, 0.05) is 43.8 Å². The van der Waals surface area contributed by atoms with E-state index in [0.29, 0.717) is 30.8 Å². The number of fused-ring (bicyclic) bond motifs is 2. The number of H-pyrrole nitrogens is 1. The van der Waals surface area contributed by atoms with Gasteiger partial charge in [-0.1, -0.05) is 6.07 Å². The summed E-state index contributed by atoms with van der Waals surface area (Å²) < 4.78 is 10.1. The number of nitrogens with zero attached hydrogens (tertiary/aromatic N) is 4. The molecule has 0 aliphatic rings. The van der Waals surface area contributed by atoms with Crippen LogP contribution in [-0.2, 0) is 20.6 Å². The van der Waals surface area contributed by atoms with Crippen molar-refractivity contribution in [3.63, 3.8) is 0 Å². The van der Waals surface area contributed by atoms with Gasteiger partial charge in [0.25, 0.3) is 5.56 Å². The molecule has 0 radical (unpaired) electrons. The van der Waals surface area contributed by atoms with Crippen molar-refractivity contribution < 1.29 is 9.84 Å². The summed E-state index contributed by atoms with van der Waals surface area (Å²) in [4.78, 5) is 32.1. The Hall–Kier alpha value is -3.37. The summed E-state index contributed by atoms with van der Waals surface area (Å²) >= 11 is 0. The molecule has 3 aromatic heterocycles. The van der Waals surface area contributed by atoms with Crippen LogP contribution in [0.3, 0.4) is 0 Å². The fraction of sp³-hybridized carbons (Fsp3) is 0.435. The number of aryl methyl sites for hydroxylation is 4. The van der Waals surface area contributed by atoms with Crippen LogP contribution < -0.4 is 21.3 Å². The first-order chi connectivity index (χ1) is 15.8. The number of aliphatic hydroxyl groups is 1. The minimum absolute atomic E-state index is 0.187. The lowest BCUT2D eigenvalue weighted by atomic mass is 10.1. The summed E-state index contributed by atoms with van der Waals surface area (Å²) in [6.07, 6.45) is 1.66. The molecule has 0 fully saturated rings. The largest absolute Gasteiger partial charge is 0.490 e. The average molecular weight is 455 g/mol. The summed E-state index contributed by atoms with van der Waals surface area (Å²) in [7, 11) is 3.07.